The molecule has 2 rings (SSSR count). The summed E-state index contributed by atoms with van der Waals surface area (Å²) in [6.07, 6.45) is 3.28. The molecule has 1 aromatic carbocycles. The summed E-state index contributed by atoms with van der Waals surface area (Å²) in [5.74, 6) is -0.149. The van der Waals surface area contributed by atoms with Gasteiger partial charge in [-0.1, -0.05) is 25.8 Å². The molecule has 2 aromatic rings. The molecule has 0 saturated heterocycles. The van der Waals surface area contributed by atoms with E-state index >= 15 is 0 Å². The van der Waals surface area contributed by atoms with E-state index in [2.05, 4.69) is 17.2 Å². The number of hydrogen-bond acceptors (Lipinski definition) is 7. The van der Waals surface area contributed by atoms with Gasteiger partial charge in [0, 0.05) is 6.54 Å². The Kier molecular flexibility index (Phi) is 8.92. The number of carbonyl (C=O) groups is 2. The van der Waals surface area contributed by atoms with Crippen LogP contribution in [-0.2, 0) is 17.8 Å². The fourth-order valence-electron chi connectivity index (χ4n) is 2.70. The van der Waals surface area contributed by atoms with Crippen molar-refractivity contribution < 1.29 is 24.2 Å². The van der Waals surface area contributed by atoms with Crippen LogP contribution in [0.5, 0.6) is 11.5 Å². The molecule has 7 nitrogen and oxygen atoms in total. The van der Waals surface area contributed by atoms with Crippen LogP contribution < -0.4 is 19.9 Å². The lowest BCUT2D eigenvalue weighted by atomic mass is 10.2. The SMILES string of the molecule is CCCCCOc1ccc(CNC(=O)Cc2nc(C)c(C(=O)[O-])s2)cc1OCC. The van der Waals surface area contributed by atoms with E-state index in [1.54, 1.807) is 6.92 Å². The summed E-state index contributed by atoms with van der Waals surface area (Å²) >= 11 is 0.969. The zero-order chi connectivity index (χ0) is 21.2. The highest BCUT2D eigenvalue weighted by atomic mass is 32.1. The van der Waals surface area contributed by atoms with Gasteiger partial charge in [0.05, 0.1) is 36.2 Å². The Balaban J connectivity index is 1.93. The molecule has 0 radical (unpaired) electrons. The van der Waals surface area contributed by atoms with Crippen LogP contribution in [0.2, 0.25) is 0 Å². The number of unbranched alkanes of at least 4 members (excludes halogenated alkanes) is 2. The van der Waals surface area contributed by atoms with Crippen molar-refractivity contribution in [3.8, 4) is 11.5 Å². The molecule has 0 aliphatic rings. The van der Waals surface area contributed by atoms with Gasteiger partial charge in [-0.05, 0) is 38.0 Å². The van der Waals surface area contributed by atoms with Crippen molar-refractivity contribution in [3.63, 3.8) is 0 Å². The number of nitrogens with zero attached hydrogens (tertiary/aromatic N) is 1. The summed E-state index contributed by atoms with van der Waals surface area (Å²) in [4.78, 5) is 27.4. The van der Waals surface area contributed by atoms with Gasteiger partial charge in [-0.3, -0.25) is 4.79 Å². The second-order valence-electron chi connectivity index (χ2n) is 6.53. The maximum Gasteiger partial charge on any atom is 0.227 e. The third-order valence-corrected chi connectivity index (χ3v) is 5.28. The number of aryl methyl sites for hydroxylation is 1. The number of carboxylic acid groups (broad SMARTS) is 1. The Morgan fingerprint density at radius 1 is 1.17 bits per heavy atom. The van der Waals surface area contributed by atoms with E-state index in [-0.39, 0.29) is 17.2 Å². The van der Waals surface area contributed by atoms with Gasteiger partial charge in [-0.2, -0.15) is 0 Å². The van der Waals surface area contributed by atoms with Crippen molar-refractivity contribution in [3.05, 3.63) is 39.3 Å². The van der Waals surface area contributed by atoms with E-state index in [0.717, 1.165) is 36.2 Å². The maximum absolute atomic E-state index is 12.2. The lowest BCUT2D eigenvalue weighted by Gasteiger charge is -2.13. The minimum atomic E-state index is -1.27. The predicted octanol–water partition coefficient (Wildman–Crippen LogP) is 2.64. The van der Waals surface area contributed by atoms with Gasteiger partial charge < -0.3 is 24.7 Å². The van der Waals surface area contributed by atoms with Crippen LogP contribution in [0.25, 0.3) is 0 Å². The van der Waals surface area contributed by atoms with Gasteiger partial charge in [-0.25, -0.2) is 4.98 Å². The molecule has 1 amide bonds. The number of nitrogens with one attached hydrogen (secondary N) is 1. The molecule has 0 spiro atoms. The number of thiazole rings is 1. The van der Waals surface area contributed by atoms with Crippen LogP contribution in [-0.4, -0.2) is 30.1 Å². The first-order chi connectivity index (χ1) is 13.9. The van der Waals surface area contributed by atoms with Crippen LogP contribution in [0.15, 0.2) is 18.2 Å². The molecule has 0 atom stereocenters. The minimum Gasteiger partial charge on any atom is -0.544 e. The molecular weight excluding hydrogens is 392 g/mol. The second kappa shape index (κ2) is 11.4. The first-order valence-electron chi connectivity index (χ1n) is 9.77. The Morgan fingerprint density at radius 2 is 1.97 bits per heavy atom. The molecule has 8 heteroatoms. The van der Waals surface area contributed by atoms with Crippen LogP contribution in [0, 0.1) is 6.92 Å². The highest BCUT2D eigenvalue weighted by Crippen LogP contribution is 2.29. The standard InChI is InChI=1S/C21H28N2O5S/c1-4-6-7-10-28-16-9-8-15(11-17(16)27-5-2)13-22-18(24)12-19-23-14(3)20(29-19)21(25)26/h8-9,11H,4-7,10,12-13H2,1-3H3,(H,22,24)(H,25,26)/p-1. The molecule has 1 aromatic heterocycles. The van der Waals surface area contributed by atoms with Crippen molar-refractivity contribution in [2.45, 2.75) is 53.0 Å². The first-order valence-corrected chi connectivity index (χ1v) is 10.6. The third kappa shape index (κ3) is 7.05. The zero-order valence-corrected chi connectivity index (χ0v) is 17.9. The molecule has 0 saturated carbocycles. The van der Waals surface area contributed by atoms with Crippen molar-refractivity contribution >= 4 is 23.2 Å². The minimum absolute atomic E-state index is 0.0235. The quantitative estimate of drug-likeness (QED) is 0.531. The lowest BCUT2D eigenvalue weighted by Crippen LogP contribution is -2.24. The van der Waals surface area contributed by atoms with Crippen LogP contribution in [0.4, 0.5) is 0 Å². The normalized spacial score (nSPS) is 10.6. The van der Waals surface area contributed by atoms with Crippen molar-refractivity contribution in [1.82, 2.24) is 10.3 Å². The Morgan fingerprint density at radius 3 is 2.62 bits per heavy atom. The fourth-order valence-corrected chi connectivity index (χ4v) is 3.60. The van der Waals surface area contributed by atoms with Gasteiger partial charge in [0.1, 0.15) is 5.01 Å². The summed E-state index contributed by atoms with van der Waals surface area (Å²) in [5.41, 5.74) is 1.25. The van der Waals surface area contributed by atoms with E-state index in [0.29, 0.717) is 42.0 Å². The van der Waals surface area contributed by atoms with Gasteiger partial charge in [0.2, 0.25) is 5.91 Å². The highest BCUT2D eigenvalue weighted by molar-refractivity contribution is 7.13. The number of carboxylic acids is 1. The molecular formula is C21H27N2O5S-. The molecule has 0 unspecified atom stereocenters. The number of benzene rings is 1. The van der Waals surface area contributed by atoms with Crippen molar-refractivity contribution in [2.75, 3.05) is 13.2 Å². The predicted molar refractivity (Wildman–Crippen MR) is 109 cm³/mol. The Bertz CT molecular complexity index is 834. The zero-order valence-electron chi connectivity index (χ0n) is 17.1. The number of ether oxygens (including phenoxy) is 2. The van der Waals surface area contributed by atoms with E-state index in [1.165, 1.54) is 0 Å². The molecule has 158 valence electrons. The topological polar surface area (TPSA) is 101 Å². The van der Waals surface area contributed by atoms with Gasteiger partial charge in [0.25, 0.3) is 0 Å². The average molecular weight is 420 g/mol. The smallest absolute Gasteiger partial charge is 0.227 e. The molecule has 0 bridgehead atoms. The maximum atomic E-state index is 12.2. The summed E-state index contributed by atoms with van der Waals surface area (Å²) in [6.45, 7) is 7.13. The van der Waals surface area contributed by atoms with E-state index < -0.39 is 5.97 Å². The number of aromatic nitrogens is 1. The van der Waals surface area contributed by atoms with Crippen molar-refractivity contribution in [1.29, 1.82) is 0 Å². The fraction of sp³-hybridized carbons (Fsp3) is 0.476. The van der Waals surface area contributed by atoms with E-state index in [4.69, 9.17) is 9.47 Å². The summed E-state index contributed by atoms with van der Waals surface area (Å²) < 4.78 is 11.5. The monoisotopic (exact) mass is 419 g/mol. The largest absolute Gasteiger partial charge is 0.544 e. The average Bonchev–Trinajstić information content (AvgIpc) is 3.05. The molecule has 0 aliphatic carbocycles. The van der Waals surface area contributed by atoms with Crippen molar-refractivity contribution in [2.24, 2.45) is 0 Å². The highest BCUT2D eigenvalue weighted by Gasteiger charge is 2.13. The molecule has 29 heavy (non-hydrogen) atoms. The summed E-state index contributed by atoms with van der Waals surface area (Å²) in [5, 5.41) is 14.3. The van der Waals surface area contributed by atoms with Crippen LogP contribution in [0.1, 0.15) is 59.0 Å². The second-order valence-corrected chi connectivity index (χ2v) is 7.62. The van der Waals surface area contributed by atoms with Crippen LogP contribution >= 0.6 is 11.3 Å². The number of carbonyl (C=O) groups excluding carboxylic acids is 2. The Hall–Kier alpha value is -2.61. The number of amides is 1. The van der Waals surface area contributed by atoms with Gasteiger partial charge >= 0.3 is 0 Å². The van der Waals surface area contributed by atoms with Crippen LogP contribution in [0.3, 0.4) is 0 Å². The van der Waals surface area contributed by atoms with Gasteiger partial charge in [-0.15, -0.1) is 11.3 Å². The Labute approximate surface area is 175 Å². The van der Waals surface area contributed by atoms with E-state index in [1.807, 2.05) is 25.1 Å². The van der Waals surface area contributed by atoms with E-state index in [9.17, 15) is 14.7 Å². The molecule has 1 N–H and O–H groups in total. The number of hydrogen-bond donors (Lipinski definition) is 1. The van der Waals surface area contributed by atoms with Gasteiger partial charge in [0.15, 0.2) is 11.5 Å². The lowest BCUT2D eigenvalue weighted by molar-refractivity contribution is -0.254. The summed E-state index contributed by atoms with van der Waals surface area (Å²) in [7, 11) is 0. The number of rotatable bonds is 12. The number of aromatic carboxylic acids is 1. The third-order valence-electron chi connectivity index (χ3n) is 4.14. The molecule has 0 fully saturated rings. The first kappa shape index (κ1) is 22.7. The molecule has 0 aliphatic heterocycles. The molecule has 1 heterocycles. The summed E-state index contributed by atoms with van der Waals surface area (Å²) in [6, 6.07) is 5.61.